The van der Waals surface area contributed by atoms with Gasteiger partial charge in [0.2, 0.25) is 0 Å². The zero-order chi connectivity index (χ0) is 10.8. The van der Waals surface area contributed by atoms with Crippen molar-refractivity contribution in [2.45, 2.75) is 18.9 Å². The van der Waals surface area contributed by atoms with Crippen LogP contribution in [-0.4, -0.2) is 21.7 Å². The zero-order valence-corrected chi connectivity index (χ0v) is 8.98. The van der Waals surface area contributed by atoms with Crippen LogP contribution in [0.2, 0.25) is 0 Å². The predicted octanol–water partition coefficient (Wildman–Crippen LogP) is 1.90. The van der Waals surface area contributed by atoms with Gasteiger partial charge in [-0.15, -0.1) is 0 Å². The van der Waals surface area contributed by atoms with Gasteiger partial charge >= 0.3 is 0 Å². The van der Waals surface area contributed by atoms with Gasteiger partial charge in [0.1, 0.15) is 5.82 Å². The molecule has 3 rings (SSSR count). The molecule has 2 aromatic rings. The minimum absolute atomic E-state index is 0.352. The number of aromatic nitrogens is 3. The molecule has 0 spiro atoms. The molecule has 1 saturated heterocycles. The minimum Gasteiger partial charge on any atom is -0.307 e. The maximum atomic E-state index is 4.53. The van der Waals surface area contributed by atoms with Crippen LogP contribution in [-0.2, 0) is 0 Å². The van der Waals surface area contributed by atoms with Crippen molar-refractivity contribution >= 4 is 0 Å². The Morgan fingerprint density at radius 2 is 2.06 bits per heavy atom. The number of nitrogens with one attached hydrogen (secondary N) is 2. The van der Waals surface area contributed by atoms with E-state index in [1.54, 1.807) is 0 Å². The molecule has 1 aliphatic rings. The van der Waals surface area contributed by atoms with Crippen molar-refractivity contribution in [3.63, 3.8) is 0 Å². The second-order valence-corrected chi connectivity index (χ2v) is 4.06. The molecule has 1 aromatic carbocycles. The lowest BCUT2D eigenvalue weighted by molar-refractivity contribution is 0.608. The van der Waals surface area contributed by atoms with Gasteiger partial charge in [0.25, 0.3) is 0 Å². The van der Waals surface area contributed by atoms with Crippen LogP contribution in [0.25, 0.3) is 11.4 Å². The van der Waals surface area contributed by atoms with Crippen LogP contribution in [0.1, 0.15) is 24.7 Å². The summed E-state index contributed by atoms with van der Waals surface area (Å²) >= 11 is 0. The standard InChI is InChI=1S/C12H14N4/c1-2-5-9(6-3-1)11-14-12(16-15-11)10-7-4-8-13-10/h1-3,5-6,10,13H,4,7-8H2,(H,14,15,16). The van der Waals surface area contributed by atoms with Gasteiger partial charge < -0.3 is 5.32 Å². The van der Waals surface area contributed by atoms with E-state index in [4.69, 9.17) is 0 Å². The summed E-state index contributed by atoms with van der Waals surface area (Å²) in [6.07, 6.45) is 2.36. The molecule has 1 aromatic heterocycles. The molecular weight excluding hydrogens is 200 g/mol. The van der Waals surface area contributed by atoms with Crippen molar-refractivity contribution in [2.24, 2.45) is 0 Å². The molecule has 0 amide bonds. The molecule has 0 radical (unpaired) electrons. The van der Waals surface area contributed by atoms with Crippen LogP contribution in [0.5, 0.6) is 0 Å². The lowest BCUT2D eigenvalue weighted by Crippen LogP contribution is -2.14. The largest absolute Gasteiger partial charge is 0.307 e. The highest BCUT2D eigenvalue weighted by Gasteiger charge is 2.19. The minimum atomic E-state index is 0.352. The molecule has 2 heterocycles. The Balaban J connectivity index is 1.87. The van der Waals surface area contributed by atoms with Crippen molar-refractivity contribution in [1.82, 2.24) is 20.5 Å². The Morgan fingerprint density at radius 1 is 1.19 bits per heavy atom. The second kappa shape index (κ2) is 4.06. The van der Waals surface area contributed by atoms with E-state index in [1.165, 1.54) is 6.42 Å². The zero-order valence-electron chi connectivity index (χ0n) is 8.98. The SMILES string of the molecule is c1ccc(-c2n[nH]c(C3CCCN3)n2)cc1. The topological polar surface area (TPSA) is 53.6 Å². The lowest BCUT2D eigenvalue weighted by Gasteiger charge is -2.03. The number of rotatable bonds is 2. The quantitative estimate of drug-likeness (QED) is 0.802. The first-order valence-electron chi connectivity index (χ1n) is 5.64. The highest BCUT2D eigenvalue weighted by molar-refractivity contribution is 5.53. The fourth-order valence-electron chi connectivity index (χ4n) is 2.06. The van der Waals surface area contributed by atoms with Crippen LogP contribution in [0, 0.1) is 0 Å². The van der Waals surface area contributed by atoms with Gasteiger partial charge in [0, 0.05) is 5.56 Å². The van der Waals surface area contributed by atoms with E-state index in [0.717, 1.165) is 30.2 Å². The second-order valence-electron chi connectivity index (χ2n) is 4.06. The van der Waals surface area contributed by atoms with Crippen molar-refractivity contribution in [2.75, 3.05) is 6.54 Å². The maximum absolute atomic E-state index is 4.53. The summed E-state index contributed by atoms with van der Waals surface area (Å²) in [5.74, 6) is 1.74. The van der Waals surface area contributed by atoms with Gasteiger partial charge in [-0.2, -0.15) is 5.10 Å². The number of nitrogens with zero attached hydrogens (tertiary/aromatic N) is 2. The van der Waals surface area contributed by atoms with E-state index in [-0.39, 0.29) is 0 Å². The molecule has 0 aliphatic carbocycles. The predicted molar refractivity (Wildman–Crippen MR) is 61.8 cm³/mol. The van der Waals surface area contributed by atoms with Crippen LogP contribution >= 0.6 is 0 Å². The van der Waals surface area contributed by atoms with Crippen molar-refractivity contribution in [3.8, 4) is 11.4 Å². The number of H-pyrrole nitrogens is 1. The fourth-order valence-corrected chi connectivity index (χ4v) is 2.06. The summed E-state index contributed by atoms with van der Waals surface area (Å²) in [5, 5.41) is 10.7. The van der Waals surface area contributed by atoms with Crippen molar-refractivity contribution < 1.29 is 0 Å². The Bertz CT molecular complexity index is 457. The van der Waals surface area contributed by atoms with Gasteiger partial charge in [-0.1, -0.05) is 30.3 Å². The fraction of sp³-hybridized carbons (Fsp3) is 0.333. The van der Waals surface area contributed by atoms with Crippen molar-refractivity contribution in [1.29, 1.82) is 0 Å². The van der Waals surface area contributed by atoms with E-state index < -0.39 is 0 Å². The third-order valence-corrected chi connectivity index (χ3v) is 2.93. The van der Waals surface area contributed by atoms with Gasteiger partial charge in [-0.25, -0.2) is 4.98 Å². The summed E-state index contributed by atoms with van der Waals surface area (Å²) in [5.41, 5.74) is 1.06. The van der Waals surface area contributed by atoms with E-state index in [9.17, 15) is 0 Å². The van der Waals surface area contributed by atoms with E-state index in [1.807, 2.05) is 30.3 Å². The summed E-state index contributed by atoms with van der Waals surface area (Å²) in [6, 6.07) is 10.4. The summed E-state index contributed by atoms with van der Waals surface area (Å²) in [6.45, 7) is 1.08. The molecular formula is C12H14N4. The van der Waals surface area contributed by atoms with E-state index >= 15 is 0 Å². The average Bonchev–Trinajstić information content (AvgIpc) is 3.01. The van der Waals surface area contributed by atoms with Gasteiger partial charge in [0.05, 0.1) is 6.04 Å². The number of hydrogen-bond acceptors (Lipinski definition) is 3. The maximum Gasteiger partial charge on any atom is 0.181 e. The molecule has 4 nitrogen and oxygen atoms in total. The molecule has 0 saturated carbocycles. The Labute approximate surface area is 94.1 Å². The van der Waals surface area contributed by atoms with Crippen LogP contribution < -0.4 is 5.32 Å². The summed E-state index contributed by atoms with van der Waals surface area (Å²) in [7, 11) is 0. The monoisotopic (exact) mass is 214 g/mol. The first-order chi connectivity index (χ1) is 7.93. The smallest absolute Gasteiger partial charge is 0.181 e. The van der Waals surface area contributed by atoms with Crippen LogP contribution in [0.4, 0.5) is 0 Å². The Hall–Kier alpha value is -1.68. The molecule has 1 aliphatic heterocycles. The molecule has 1 fully saturated rings. The first-order valence-corrected chi connectivity index (χ1v) is 5.64. The van der Waals surface area contributed by atoms with E-state index in [2.05, 4.69) is 20.5 Å². The number of hydrogen-bond donors (Lipinski definition) is 2. The highest BCUT2D eigenvalue weighted by atomic mass is 15.2. The average molecular weight is 214 g/mol. The molecule has 1 unspecified atom stereocenters. The molecule has 0 bridgehead atoms. The van der Waals surface area contributed by atoms with Crippen LogP contribution in [0.3, 0.4) is 0 Å². The first kappa shape index (κ1) is 9.54. The normalized spacial score (nSPS) is 20.1. The Kier molecular flexibility index (Phi) is 2.42. The lowest BCUT2D eigenvalue weighted by atomic mass is 10.2. The number of aromatic amines is 1. The molecule has 2 N–H and O–H groups in total. The number of benzene rings is 1. The van der Waals surface area contributed by atoms with E-state index in [0.29, 0.717) is 6.04 Å². The Morgan fingerprint density at radius 3 is 2.81 bits per heavy atom. The highest BCUT2D eigenvalue weighted by Crippen LogP contribution is 2.22. The summed E-state index contributed by atoms with van der Waals surface area (Å²) in [4.78, 5) is 4.53. The van der Waals surface area contributed by atoms with Gasteiger partial charge in [-0.05, 0) is 19.4 Å². The molecule has 4 heteroatoms. The van der Waals surface area contributed by atoms with Gasteiger partial charge in [-0.3, -0.25) is 5.10 Å². The third kappa shape index (κ3) is 1.72. The third-order valence-electron chi connectivity index (χ3n) is 2.93. The van der Waals surface area contributed by atoms with Crippen LogP contribution in [0.15, 0.2) is 30.3 Å². The summed E-state index contributed by atoms with van der Waals surface area (Å²) < 4.78 is 0. The van der Waals surface area contributed by atoms with Crippen molar-refractivity contribution in [3.05, 3.63) is 36.2 Å². The molecule has 16 heavy (non-hydrogen) atoms. The molecule has 1 atom stereocenters. The molecule has 82 valence electrons. The van der Waals surface area contributed by atoms with Gasteiger partial charge in [0.15, 0.2) is 5.82 Å².